The lowest BCUT2D eigenvalue weighted by molar-refractivity contribution is 0.0940. The average molecular weight is 344 g/mol. The van der Waals surface area contributed by atoms with Gasteiger partial charge in [0, 0.05) is 44.9 Å². The third kappa shape index (κ3) is 5.60. The van der Waals surface area contributed by atoms with Gasteiger partial charge in [0.05, 0.1) is 5.56 Å². The van der Waals surface area contributed by atoms with Crippen LogP contribution in [0.5, 0.6) is 0 Å². The minimum Gasteiger partial charge on any atom is -0.350 e. The van der Waals surface area contributed by atoms with Crippen LogP contribution in [0, 0.1) is 0 Å². The maximum absolute atomic E-state index is 11.8. The predicted molar refractivity (Wildman–Crippen MR) is 77.8 cm³/mol. The molecule has 0 spiro atoms. The molecule has 1 rings (SSSR count). The molecule has 1 aromatic heterocycles. The summed E-state index contributed by atoms with van der Waals surface area (Å²) in [6.07, 6.45) is 2.20. The molecule has 1 aromatic rings. The predicted octanol–water partition coefficient (Wildman–Crippen LogP) is 1.56. The molecule has 0 aromatic carbocycles. The van der Waals surface area contributed by atoms with Crippen LogP contribution in [-0.2, 0) is 19.9 Å². The summed E-state index contributed by atoms with van der Waals surface area (Å²) in [4.78, 5) is 11.8. The molecule has 0 bridgehead atoms. The lowest BCUT2D eigenvalue weighted by Crippen LogP contribution is -2.33. The first kappa shape index (κ1) is 16.6. The molecule has 0 fully saturated rings. The molecule has 108 valence electrons. The van der Waals surface area contributed by atoms with E-state index in [-0.39, 0.29) is 21.7 Å². The smallest absolute Gasteiger partial charge is 0.270 e. The van der Waals surface area contributed by atoms with Gasteiger partial charge in [-0.25, -0.2) is 8.42 Å². The van der Waals surface area contributed by atoms with Gasteiger partial charge in [-0.3, -0.25) is 9.00 Å². The van der Waals surface area contributed by atoms with E-state index < -0.39 is 19.9 Å². The number of rotatable bonds is 6. The number of amides is 1. The van der Waals surface area contributed by atoms with Crippen molar-refractivity contribution in [3.05, 3.63) is 17.0 Å². The standard InChI is InChI=1S/C10H14ClNO4S3/c1-7(3-4-18(2)14)12-10(13)8-5-9(17-6-8)19(11,15)16/h5-7H,3-4H2,1-2H3,(H,12,13). The maximum Gasteiger partial charge on any atom is 0.270 e. The van der Waals surface area contributed by atoms with E-state index >= 15 is 0 Å². The second-order valence-electron chi connectivity index (χ2n) is 4.03. The van der Waals surface area contributed by atoms with Crippen LogP contribution in [0.3, 0.4) is 0 Å². The fourth-order valence-corrected chi connectivity index (χ4v) is 3.92. The van der Waals surface area contributed by atoms with E-state index in [9.17, 15) is 17.4 Å². The molecular weight excluding hydrogens is 330 g/mol. The highest BCUT2D eigenvalue weighted by molar-refractivity contribution is 8.15. The third-order valence-corrected chi connectivity index (χ3v) is 6.14. The number of hydrogen-bond donors (Lipinski definition) is 1. The Hall–Kier alpha value is -0.440. The maximum atomic E-state index is 11.8. The third-order valence-electron chi connectivity index (χ3n) is 2.29. The van der Waals surface area contributed by atoms with Crippen molar-refractivity contribution >= 4 is 47.8 Å². The van der Waals surface area contributed by atoms with E-state index in [4.69, 9.17) is 10.7 Å². The van der Waals surface area contributed by atoms with Crippen LogP contribution in [0.2, 0.25) is 0 Å². The van der Waals surface area contributed by atoms with Gasteiger partial charge >= 0.3 is 0 Å². The molecule has 0 aliphatic rings. The normalized spacial score (nSPS) is 14.9. The Morgan fingerprint density at radius 3 is 2.68 bits per heavy atom. The Labute approximate surface area is 123 Å². The van der Waals surface area contributed by atoms with Crippen molar-refractivity contribution < 1.29 is 17.4 Å². The van der Waals surface area contributed by atoms with Crippen LogP contribution < -0.4 is 5.32 Å². The Balaban J connectivity index is 2.64. The molecular formula is C10H14ClNO4S3. The quantitative estimate of drug-likeness (QED) is 0.795. The van der Waals surface area contributed by atoms with E-state index in [1.54, 1.807) is 13.2 Å². The molecule has 1 N–H and O–H groups in total. The molecule has 0 radical (unpaired) electrons. The summed E-state index contributed by atoms with van der Waals surface area (Å²) in [6.45, 7) is 1.80. The second kappa shape index (κ2) is 6.83. The molecule has 5 nitrogen and oxygen atoms in total. The van der Waals surface area contributed by atoms with Gasteiger partial charge < -0.3 is 5.32 Å². The Morgan fingerprint density at radius 2 is 2.21 bits per heavy atom. The Kier molecular flexibility index (Phi) is 5.97. The van der Waals surface area contributed by atoms with Crippen LogP contribution in [0.4, 0.5) is 0 Å². The zero-order valence-corrected chi connectivity index (χ0v) is 13.6. The lowest BCUT2D eigenvalue weighted by atomic mass is 10.2. The van der Waals surface area contributed by atoms with Gasteiger partial charge in [0.1, 0.15) is 4.21 Å². The van der Waals surface area contributed by atoms with Gasteiger partial charge in [-0.15, -0.1) is 11.3 Å². The van der Waals surface area contributed by atoms with Gasteiger partial charge in [0.25, 0.3) is 15.0 Å². The van der Waals surface area contributed by atoms with Crippen LogP contribution in [0.1, 0.15) is 23.7 Å². The summed E-state index contributed by atoms with van der Waals surface area (Å²) < 4.78 is 33.0. The largest absolute Gasteiger partial charge is 0.350 e. The minimum atomic E-state index is -3.79. The van der Waals surface area contributed by atoms with Gasteiger partial charge in [0.2, 0.25) is 0 Å². The Bertz CT molecular complexity index is 581. The van der Waals surface area contributed by atoms with Gasteiger partial charge in [-0.05, 0) is 19.4 Å². The lowest BCUT2D eigenvalue weighted by Gasteiger charge is -2.12. The number of halogens is 1. The fraction of sp³-hybridized carbons (Fsp3) is 0.500. The van der Waals surface area contributed by atoms with E-state index in [1.165, 1.54) is 11.4 Å². The minimum absolute atomic E-state index is 0.0540. The van der Waals surface area contributed by atoms with Crippen LogP contribution in [0.15, 0.2) is 15.7 Å². The molecule has 0 aliphatic carbocycles. The summed E-state index contributed by atoms with van der Waals surface area (Å²) in [5.41, 5.74) is 0.258. The molecule has 9 heteroatoms. The molecule has 0 saturated carbocycles. The monoisotopic (exact) mass is 343 g/mol. The summed E-state index contributed by atoms with van der Waals surface area (Å²) in [6, 6.07) is 1.11. The van der Waals surface area contributed by atoms with Gasteiger partial charge in [0.15, 0.2) is 0 Å². The van der Waals surface area contributed by atoms with E-state index in [0.717, 1.165) is 11.3 Å². The van der Waals surface area contributed by atoms with Crippen molar-refractivity contribution in [2.24, 2.45) is 0 Å². The average Bonchev–Trinajstić information content (AvgIpc) is 2.75. The first-order valence-corrected chi connectivity index (χ1v) is 10.3. The summed E-state index contributed by atoms with van der Waals surface area (Å²) in [5, 5.41) is 4.15. The second-order valence-corrected chi connectivity index (χ2v) is 9.29. The van der Waals surface area contributed by atoms with E-state index in [2.05, 4.69) is 5.32 Å². The van der Waals surface area contributed by atoms with Crippen molar-refractivity contribution in [2.75, 3.05) is 12.0 Å². The number of thiophene rings is 1. The van der Waals surface area contributed by atoms with Crippen molar-refractivity contribution in [2.45, 2.75) is 23.6 Å². The number of nitrogens with one attached hydrogen (secondary N) is 1. The van der Waals surface area contributed by atoms with Crippen LogP contribution >= 0.6 is 22.0 Å². The van der Waals surface area contributed by atoms with Gasteiger partial charge in [-0.1, -0.05) is 0 Å². The molecule has 0 saturated heterocycles. The number of hydrogen-bond acceptors (Lipinski definition) is 5. The van der Waals surface area contributed by atoms with Crippen molar-refractivity contribution in [3.63, 3.8) is 0 Å². The van der Waals surface area contributed by atoms with Crippen molar-refractivity contribution in [1.82, 2.24) is 5.32 Å². The van der Waals surface area contributed by atoms with E-state index in [1.807, 2.05) is 0 Å². The van der Waals surface area contributed by atoms with Crippen LogP contribution in [-0.4, -0.2) is 36.6 Å². The highest BCUT2D eigenvalue weighted by atomic mass is 35.7. The fourth-order valence-electron chi connectivity index (χ4n) is 1.29. The zero-order valence-electron chi connectivity index (χ0n) is 10.4. The van der Waals surface area contributed by atoms with Gasteiger partial charge in [-0.2, -0.15) is 0 Å². The summed E-state index contributed by atoms with van der Waals surface area (Å²) >= 11 is 0.901. The molecule has 2 unspecified atom stereocenters. The molecule has 1 heterocycles. The van der Waals surface area contributed by atoms with Crippen LogP contribution in [0.25, 0.3) is 0 Å². The van der Waals surface area contributed by atoms with Crippen molar-refractivity contribution in [1.29, 1.82) is 0 Å². The first-order chi connectivity index (χ1) is 8.70. The molecule has 1 amide bonds. The molecule has 19 heavy (non-hydrogen) atoms. The zero-order chi connectivity index (χ0) is 14.6. The number of carbonyl (C=O) groups excluding carboxylic acids is 1. The molecule has 2 atom stereocenters. The first-order valence-electron chi connectivity index (χ1n) is 5.34. The summed E-state index contributed by atoms with van der Waals surface area (Å²) in [5.74, 6) is 0.143. The molecule has 0 aliphatic heterocycles. The topological polar surface area (TPSA) is 80.3 Å². The van der Waals surface area contributed by atoms with Crippen molar-refractivity contribution in [3.8, 4) is 0 Å². The highest BCUT2D eigenvalue weighted by Gasteiger charge is 2.17. The Morgan fingerprint density at radius 1 is 1.58 bits per heavy atom. The summed E-state index contributed by atoms with van der Waals surface area (Å²) in [7, 11) is 0.490. The highest BCUT2D eigenvalue weighted by Crippen LogP contribution is 2.23. The number of carbonyl (C=O) groups is 1. The van der Waals surface area contributed by atoms with E-state index in [0.29, 0.717) is 12.2 Å². The SMILES string of the molecule is CC(CCS(C)=O)NC(=O)c1csc(S(=O)(=O)Cl)c1.